The number of rotatable bonds is 16. The monoisotopic (exact) mass is 806 g/mol. The molecule has 0 unspecified atom stereocenters. The highest BCUT2D eigenvalue weighted by atomic mass is 16.5. The Labute approximate surface area is 353 Å². The van der Waals surface area contributed by atoms with Crippen LogP contribution in [0.1, 0.15) is 138 Å². The van der Waals surface area contributed by atoms with Crippen LogP contribution in [-0.4, -0.2) is 49.6 Å². The summed E-state index contributed by atoms with van der Waals surface area (Å²) in [7, 11) is 0. The molecule has 0 saturated carbocycles. The molecule has 0 N–H and O–H groups in total. The van der Waals surface area contributed by atoms with E-state index in [0.29, 0.717) is 45.3 Å². The van der Waals surface area contributed by atoms with Crippen molar-refractivity contribution in [2.24, 2.45) is 27.1 Å². The zero-order valence-corrected chi connectivity index (χ0v) is 37.8. The van der Waals surface area contributed by atoms with Crippen LogP contribution in [0.15, 0.2) is 97.1 Å². The molecule has 0 aliphatic heterocycles. The lowest BCUT2D eigenvalue weighted by Gasteiger charge is -2.33. The fraction of sp³-hybridized carbons (Fsp3) is 0.451. The zero-order valence-electron chi connectivity index (χ0n) is 37.8. The van der Waals surface area contributed by atoms with Gasteiger partial charge in [-0.2, -0.15) is 0 Å². The molecule has 0 aliphatic rings. The Hall–Kier alpha value is -5.24. The van der Waals surface area contributed by atoms with Crippen molar-refractivity contribution in [3.63, 3.8) is 0 Å². The normalized spacial score (nSPS) is 12.1. The second-order valence-electron chi connectivity index (χ2n) is 19.1. The van der Waals surface area contributed by atoms with Crippen LogP contribution < -0.4 is 18.9 Å². The number of carbonyl (C=O) groups is 4. The van der Waals surface area contributed by atoms with Crippen LogP contribution in [0.25, 0.3) is 0 Å². The molecule has 4 aromatic rings. The number of ketones is 4. The molecule has 0 fully saturated rings. The summed E-state index contributed by atoms with van der Waals surface area (Å²) in [5.41, 5.74) is -0.706. The van der Waals surface area contributed by atoms with Gasteiger partial charge in [0, 0.05) is 43.9 Å². The molecule has 0 saturated heterocycles. The average Bonchev–Trinajstić information content (AvgIpc) is 3.19. The van der Waals surface area contributed by atoms with Gasteiger partial charge in [0.15, 0.2) is 23.1 Å². The Bertz CT molecular complexity index is 1700. The van der Waals surface area contributed by atoms with Crippen molar-refractivity contribution in [1.29, 1.82) is 0 Å². The lowest BCUT2D eigenvalue weighted by atomic mass is 9.86. The fourth-order valence-corrected chi connectivity index (χ4v) is 5.74. The topological polar surface area (TPSA) is 105 Å². The summed E-state index contributed by atoms with van der Waals surface area (Å²) in [6.45, 7) is 27.0. The van der Waals surface area contributed by atoms with Crippen LogP contribution in [0.4, 0.5) is 0 Å². The third kappa shape index (κ3) is 13.9. The fourth-order valence-electron chi connectivity index (χ4n) is 5.74. The third-order valence-electron chi connectivity index (χ3n) is 9.37. The van der Waals surface area contributed by atoms with E-state index in [0.717, 1.165) is 0 Å². The van der Waals surface area contributed by atoms with Crippen molar-refractivity contribution in [3.05, 3.63) is 119 Å². The molecule has 0 amide bonds. The number of hydrogen-bond acceptors (Lipinski definition) is 8. The molecule has 0 aromatic heterocycles. The van der Waals surface area contributed by atoms with E-state index in [9.17, 15) is 19.2 Å². The van der Waals surface area contributed by atoms with Crippen LogP contribution in [-0.2, 0) is 0 Å². The molecule has 0 atom stereocenters. The lowest BCUT2D eigenvalue weighted by molar-refractivity contribution is -0.00352. The maximum Gasteiger partial charge on any atom is 0.168 e. The summed E-state index contributed by atoms with van der Waals surface area (Å²) in [6.07, 6.45) is 0. The Morgan fingerprint density at radius 3 is 0.610 bits per heavy atom. The SMILES string of the molecule is CC.CC(C)(C)C(=O)c1ccc(OCC(COc2ccc(C(=O)C(C)(C)C)cc2)(COc2ccc(C(=O)C(C)(C)C)cc2)COc2ccc(C(=O)C(C)(C)C)cc2)cc1. The van der Waals surface area contributed by atoms with Crippen molar-refractivity contribution in [2.75, 3.05) is 26.4 Å². The Morgan fingerprint density at radius 2 is 0.475 bits per heavy atom. The predicted molar refractivity (Wildman–Crippen MR) is 237 cm³/mol. The summed E-state index contributed by atoms with van der Waals surface area (Å²) >= 11 is 0. The Kier molecular flexibility index (Phi) is 16.1. The van der Waals surface area contributed by atoms with Crippen LogP contribution >= 0.6 is 0 Å². The van der Waals surface area contributed by atoms with Gasteiger partial charge in [0.2, 0.25) is 0 Å². The molecular formula is C51H66O8. The molecule has 0 spiro atoms. The van der Waals surface area contributed by atoms with Gasteiger partial charge >= 0.3 is 0 Å². The highest BCUT2D eigenvalue weighted by Crippen LogP contribution is 2.30. The maximum absolute atomic E-state index is 12.9. The van der Waals surface area contributed by atoms with Gasteiger partial charge in [-0.3, -0.25) is 19.2 Å². The van der Waals surface area contributed by atoms with Crippen LogP contribution in [0.5, 0.6) is 23.0 Å². The number of carbonyl (C=O) groups excluding carboxylic acids is 4. The lowest BCUT2D eigenvalue weighted by Crippen LogP contribution is -2.45. The molecule has 59 heavy (non-hydrogen) atoms. The number of benzene rings is 4. The summed E-state index contributed by atoms with van der Waals surface area (Å²) in [5, 5.41) is 0. The summed E-state index contributed by atoms with van der Waals surface area (Å²) in [6, 6.07) is 28.2. The molecule has 4 aromatic carbocycles. The first-order valence-electron chi connectivity index (χ1n) is 20.5. The highest BCUT2D eigenvalue weighted by Gasteiger charge is 2.36. The predicted octanol–water partition coefficient (Wildman–Crippen LogP) is 12.2. The van der Waals surface area contributed by atoms with Crippen molar-refractivity contribution in [1.82, 2.24) is 0 Å². The molecular weight excluding hydrogens is 741 g/mol. The second-order valence-corrected chi connectivity index (χ2v) is 19.1. The Balaban J connectivity index is 0.00000458. The van der Waals surface area contributed by atoms with E-state index in [4.69, 9.17) is 18.9 Å². The molecule has 4 rings (SSSR count). The van der Waals surface area contributed by atoms with Gasteiger partial charge in [-0.25, -0.2) is 0 Å². The number of Topliss-reactive ketones (excluding diaryl/α,β-unsaturated/α-hetero) is 4. The van der Waals surface area contributed by atoms with E-state index in [1.54, 1.807) is 97.1 Å². The highest BCUT2D eigenvalue weighted by molar-refractivity contribution is 6.01. The number of ether oxygens (including phenoxy) is 4. The smallest absolute Gasteiger partial charge is 0.168 e. The van der Waals surface area contributed by atoms with Gasteiger partial charge in [-0.05, 0) is 97.1 Å². The minimum Gasteiger partial charge on any atom is -0.493 e. The zero-order chi connectivity index (χ0) is 44.4. The molecule has 8 nitrogen and oxygen atoms in total. The van der Waals surface area contributed by atoms with E-state index in [1.165, 1.54) is 0 Å². The largest absolute Gasteiger partial charge is 0.493 e. The van der Waals surface area contributed by atoms with Gasteiger partial charge in [0.1, 0.15) is 54.8 Å². The average molecular weight is 807 g/mol. The van der Waals surface area contributed by atoms with E-state index in [2.05, 4.69) is 0 Å². The van der Waals surface area contributed by atoms with Gasteiger partial charge in [-0.15, -0.1) is 0 Å². The van der Waals surface area contributed by atoms with E-state index in [1.807, 2.05) is 96.9 Å². The van der Waals surface area contributed by atoms with E-state index in [-0.39, 0.29) is 49.6 Å². The Morgan fingerprint density at radius 1 is 0.322 bits per heavy atom. The van der Waals surface area contributed by atoms with Crippen LogP contribution in [0.3, 0.4) is 0 Å². The van der Waals surface area contributed by atoms with E-state index >= 15 is 0 Å². The first-order chi connectivity index (χ1) is 27.4. The molecule has 0 radical (unpaired) electrons. The molecule has 0 heterocycles. The van der Waals surface area contributed by atoms with Crippen LogP contribution in [0.2, 0.25) is 0 Å². The van der Waals surface area contributed by atoms with Crippen molar-refractivity contribution >= 4 is 23.1 Å². The standard InChI is InChI=1S/C49H60O8.C2H6/c1-45(2,3)41(50)33-13-21-37(22-14-33)54-29-49(30-55-38-23-15-34(16-24-38)42(51)46(4,5)6,31-56-39-25-17-35(18-26-39)43(52)47(7,8)9)32-57-40-27-19-36(20-28-40)44(53)48(10,11)12;1-2/h13-28H,29-32H2,1-12H3;1-2H3. The molecule has 318 valence electrons. The van der Waals surface area contributed by atoms with E-state index < -0.39 is 27.1 Å². The summed E-state index contributed by atoms with van der Waals surface area (Å²) < 4.78 is 25.7. The first kappa shape index (κ1) is 48.1. The van der Waals surface area contributed by atoms with Crippen molar-refractivity contribution in [3.8, 4) is 23.0 Å². The van der Waals surface area contributed by atoms with Gasteiger partial charge in [-0.1, -0.05) is 96.9 Å². The maximum atomic E-state index is 12.9. The van der Waals surface area contributed by atoms with Gasteiger partial charge < -0.3 is 18.9 Å². The van der Waals surface area contributed by atoms with Gasteiger partial charge in [0.25, 0.3) is 0 Å². The van der Waals surface area contributed by atoms with Crippen molar-refractivity contribution < 1.29 is 38.1 Å². The number of hydrogen-bond donors (Lipinski definition) is 0. The van der Waals surface area contributed by atoms with Gasteiger partial charge in [0.05, 0.1) is 0 Å². The first-order valence-corrected chi connectivity index (χ1v) is 20.5. The third-order valence-corrected chi connectivity index (χ3v) is 9.37. The van der Waals surface area contributed by atoms with Crippen molar-refractivity contribution in [2.45, 2.75) is 96.9 Å². The minimum atomic E-state index is -0.945. The minimum absolute atomic E-state index is 0.0271. The quantitative estimate of drug-likeness (QED) is 0.103. The second kappa shape index (κ2) is 19.7. The molecule has 0 bridgehead atoms. The summed E-state index contributed by atoms with van der Waals surface area (Å²) in [5.74, 6) is 2.29. The summed E-state index contributed by atoms with van der Waals surface area (Å²) in [4.78, 5) is 51.7. The molecule has 8 heteroatoms. The molecule has 0 aliphatic carbocycles. The van der Waals surface area contributed by atoms with Crippen LogP contribution in [0, 0.1) is 27.1 Å².